The van der Waals surface area contributed by atoms with Gasteiger partial charge in [0.15, 0.2) is 0 Å². The Morgan fingerprint density at radius 1 is 1.25 bits per heavy atom. The summed E-state index contributed by atoms with van der Waals surface area (Å²) in [5, 5.41) is 0. The lowest BCUT2D eigenvalue weighted by atomic mass is 9.88. The highest BCUT2D eigenvalue weighted by atomic mass is 19.4. The average Bonchev–Trinajstić information content (AvgIpc) is 2.48. The molecule has 0 atom stereocenters. The van der Waals surface area contributed by atoms with Crippen LogP contribution in [0.5, 0.6) is 0 Å². The minimum Gasteiger partial charge on any atom is -0.368 e. The van der Waals surface area contributed by atoms with Crippen LogP contribution < -0.4 is 5.73 Å². The van der Waals surface area contributed by atoms with E-state index in [1.165, 1.54) is 0 Å². The van der Waals surface area contributed by atoms with E-state index in [1.54, 1.807) is 13.0 Å². The maximum Gasteiger partial charge on any atom is 0.419 e. The van der Waals surface area contributed by atoms with Crippen LogP contribution in [0, 0.1) is 6.92 Å². The molecule has 1 heterocycles. The smallest absolute Gasteiger partial charge is 0.368 e. The monoisotopic (exact) mass is 335 g/mol. The third-order valence-corrected chi connectivity index (χ3v) is 3.78. The second-order valence-electron chi connectivity index (χ2n) is 5.94. The zero-order valence-electron chi connectivity index (χ0n) is 14.1. The number of nitrogen functional groups attached to an aromatic ring is 1. The highest BCUT2D eigenvalue weighted by molar-refractivity contribution is 5.81. The van der Waals surface area contributed by atoms with Gasteiger partial charge in [0.1, 0.15) is 5.56 Å². The first-order chi connectivity index (χ1) is 11.1. The minimum absolute atomic E-state index is 0.156. The van der Waals surface area contributed by atoms with E-state index in [0.717, 1.165) is 22.9 Å². The van der Waals surface area contributed by atoms with Crippen LogP contribution in [0.4, 0.5) is 19.1 Å². The van der Waals surface area contributed by atoms with Gasteiger partial charge in [-0.15, -0.1) is 0 Å². The Bertz CT molecular complexity index is 778. The van der Waals surface area contributed by atoms with Crippen molar-refractivity contribution >= 4 is 11.5 Å². The zero-order chi connectivity index (χ0) is 18.1. The van der Waals surface area contributed by atoms with Crippen LogP contribution in [-0.4, -0.2) is 9.97 Å². The second-order valence-corrected chi connectivity index (χ2v) is 5.94. The van der Waals surface area contributed by atoms with E-state index in [1.807, 2.05) is 39.0 Å². The standard InChI is InChI=1S/C18H20F3N3/c1-5-12(13-7-6-11(4)8-14(13)10(2)3)16-15(18(19,20)21)9-23-17(22)24-16/h5-10H,1-4H3,(H2,22,23,24)/b12-5+. The molecule has 0 saturated heterocycles. The molecule has 1 aromatic carbocycles. The molecule has 3 nitrogen and oxygen atoms in total. The van der Waals surface area contributed by atoms with Crippen molar-refractivity contribution in [2.24, 2.45) is 0 Å². The fourth-order valence-corrected chi connectivity index (χ4v) is 2.63. The summed E-state index contributed by atoms with van der Waals surface area (Å²) in [7, 11) is 0. The number of nitrogens with two attached hydrogens (primary N) is 1. The quantitative estimate of drug-likeness (QED) is 0.862. The number of halogens is 3. The van der Waals surface area contributed by atoms with Crippen molar-refractivity contribution in [3.63, 3.8) is 0 Å². The molecule has 0 spiro atoms. The Balaban J connectivity index is 2.74. The van der Waals surface area contributed by atoms with Crippen LogP contribution >= 0.6 is 0 Å². The van der Waals surface area contributed by atoms with Gasteiger partial charge in [0.05, 0.1) is 5.69 Å². The van der Waals surface area contributed by atoms with Gasteiger partial charge in [0.25, 0.3) is 0 Å². The van der Waals surface area contributed by atoms with Crippen LogP contribution in [-0.2, 0) is 6.18 Å². The number of alkyl halides is 3. The molecular formula is C18H20F3N3. The molecule has 2 rings (SSSR count). The number of hydrogen-bond acceptors (Lipinski definition) is 3. The Morgan fingerprint density at radius 2 is 1.92 bits per heavy atom. The van der Waals surface area contributed by atoms with Gasteiger partial charge >= 0.3 is 6.18 Å². The predicted octanol–water partition coefficient (Wildman–Crippen LogP) is 4.96. The van der Waals surface area contributed by atoms with Crippen LogP contribution in [0.25, 0.3) is 5.57 Å². The molecule has 24 heavy (non-hydrogen) atoms. The molecule has 0 radical (unpaired) electrons. The predicted molar refractivity (Wildman–Crippen MR) is 89.5 cm³/mol. The van der Waals surface area contributed by atoms with Crippen molar-refractivity contribution in [1.82, 2.24) is 9.97 Å². The number of nitrogens with zero attached hydrogens (tertiary/aromatic N) is 2. The first-order valence-electron chi connectivity index (χ1n) is 7.62. The zero-order valence-corrected chi connectivity index (χ0v) is 14.1. The van der Waals surface area contributed by atoms with Crippen molar-refractivity contribution in [3.05, 3.63) is 58.4 Å². The lowest BCUT2D eigenvalue weighted by molar-refractivity contribution is -0.138. The maximum atomic E-state index is 13.4. The molecule has 0 saturated carbocycles. The SMILES string of the molecule is C/C=C(\c1ccc(C)cc1C(C)C)c1nc(N)ncc1C(F)(F)F. The molecule has 2 aromatic rings. The number of allylic oxidation sites excluding steroid dienone is 1. The van der Waals surface area contributed by atoms with E-state index in [0.29, 0.717) is 5.57 Å². The van der Waals surface area contributed by atoms with Gasteiger partial charge in [-0.1, -0.05) is 43.7 Å². The van der Waals surface area contributed by atoms with Crippen molar-refractivity contribution < 1.29 is 13.2 Å². The molecule has 0 bridgehead atoms. The minimum atomic E-state index is -4.56. The summed E-state index contributed by atoms with van der Waals surface area (Å²) in [6.07, 6.45) is -2.18. The molecule has 0 unspecified atom stereocenters. The van der Waals surface area contributed by atoms with E-state index in [4.69, 9.17) is 5.73 Å². The van der Waals surface area contributed by atoms with E-state index in [9.17, 15) is 13.2 Å². The number of aryl methyl sites for hydroxylation is 1. The van der Waals surface area contributed by atoms with Crippen LogP contribution in [0.15, 0.2) is 30.5 Å². The van der Waals surface area contributed by atoms with E-state index >= 15 is 0 Å². The van der Waals surface area contributed by atoms with E-state index in [-0.39, 0.29) is 17.6 Å². The number of hydrogen-bond donors (Lipinski definition) is 1. The summed E-state index contributed by atoms with van der Waals surface area (Å²) < 4.78 is 40.1. The summed E-state index contributed by atoms with van der Waals surface area (Å²) in [6, 6.07) is 5.70. The maximum absolute atomic E-state index is 13.4. The first kappa shape index (κ1) is 18.0. The molecule has 0 aliphatic carbocycles. The van der Waals surface area contributed by atoms with Crippen LogP contribution in [0.2, 0.25) is 0 Å². The summed E-state index contributed by atoms with van der Waals surface area (Å²) >= 11 is 0. The molecular weight excluding hydrogens is 315 g/mol. The van der Waals surface area contributed by atoms with Gasteiger partial charge in [-0.3, -0.25) is 0 Å². The molecule has 0 aliphatic heterocycles. The van der Waals surface area contributed by atoms with E-state index < -0.39 is 11.7 Å². The summed E-state index contributed by atoms with van der Waals surface area (Å²) in [5.41, 5.74) is 7.61. The normalized spacial score (nSPS) is 12.8. The van der Waals surface area contributed by atoms with Gasteiger partial charge in [-0.2, -0.15) is 13.2 Å². The third-order valence-electron chi connectivity index (χ3n) is 3.78. The largest absolute Gasteiger partial charge is 0.419 e. The second kappa shape index (κ2) is 6.63. The topological polar surface area (TPSA) is 51.8 Å². The molecule has 0 amide bonds. The van der Waals surface area contributed by atoms with Crippen molar-refractivity contribution in [2.75, 3.05) is 5.73 Å². The molecule has 0 aliphatic rings. The lowest BCUT2D eigenvalue weighted by Crippen LogP contribution is -2.14. The third kappa shape index (κ3) is 3.58. The number of benzene rings is 1. The summed E-state index contributed by atoms with van der Waals surface area (Å²) in [4.78, 5) is 7.40. The first-order valence-corrected chi connectivity index (χ1v) is 7.62. The van der Waals surface area contributed by atoms with E-state index in [2.05, 4.69) is 9.97 Å². The van der Waals surface area contributed by atoms with Crippen LogP contribution in [0.1, 0.15) is 54.6 Å². The lowest BCUT2D eigenvalue weighted by Gasteiger charge is -2.19. The molecule has 2 N–H and O–H groups in total. The summed E-state index contributed by atoms with van der Waals surface area (Å²) in [5.74, 6) is -0.0288. The fourth-order valence-electron chi connectivity index (χ4n) is 2.63. The van der Waals surface area contributed by atoms with Crippen molar-refractivity contribution in [3.8, 4) is 0 Å². The van der Waals surface area contributed by atoms with Gasteiger partial charge in [-0.05, 0) is 30.9 Å². The molecule has 6 heteroatoms. The van der Waals surface area contributed by atoms with Gasteiger partial charge < -0.3 is 5.73 Å². The highest BCUT2D eigenvalue weighted by Gasteiger charge is 2.36. The van der Waals surface area contributed by atoms with Crippen molar-refractivity contribution in [2.45, 2.75) is 39.8 Å². The molecule has 0 fully saturated rings. The van der Waals surface area contributed by atoms with Crippen molar-refractivity contribution in [1.29, 1.82) is 0 Å². The number of anilines is 1. The van der Waals surface area contributed by atoms with Crippen LogP contribution in [0.3, 0.4) is 0 Å². The Labute approximate surface area is 139 Å². The molecule has 128 valence electrons. The van der Waals surface area contributed by atoms with Gasteiger partial charge in [0.2, 0.25) is 5.95 Å². The van der Waals surface area contributed by atoms with Gasteiger partial charge in [-0.25, -0.2) is 9.97 Å². The Hall–Kier alpha value is -2.37. The summed E-state index contributed by atoms with van der Waals surface area (Å²) in [6.45, 7) is 7.65. The Kier molecular flexibility index (Phi) is 4.96. The van der Waals surface area contributed by atoms with Gasteiger partial charge in [0, 0.05) is 11.8 Å². The number of aromatic nitrogens is 2. The number of rotatable bonds is 3. The average molecular weight is 335 g/mol. The molecule has 1 aromatic heterocycles. The highest BCUT2D eigenvalue weighted by Crippen LogP contribution is 2.38. The fraction of sp³-hybridized carbons (Fsp3) is 0.333. The Morgan fingerprint density at radius 3 is 2.46 bits per heavy atom.